The smallest absolute Gasteiger partial charge is 0.157 e. The van der Waals surface area contributed by atoms with Crippen LogP contribution in [0.2, 0.25) is 5.15 Å². The minimum absolute atomic E-state index is 0.307. The Balaban J connectivity index is 2.05. The highest BCUT2D eigenvalue weighted by molar-refractivity contribution is 6.32. The van der Waals surface area contributed by atoms with E-state index in [0.717, 1.165) is 19.5 Å². The van der Waals surface area contributed by atoms with Gasteiger partial charge in [0.15, 0.2) is 11.0 Å². The maximum Gasteiger partial charge on any atom is 0.157 e. The van der Waals surface area contributed by atoms with Gasteiger partial charge in [0.1, 0.15) is 12.0 Å². The van der Waals surface area contributed by atoms with Gasteiger partial charge in [-0.25, -0.2) is 9.97 Å². The first kappa shape index (κ1) is 11.4. The summed E-state index contributed by atoms with van der Waals surface area (Å²) < 4.78 is 0. The number of hydrogen-bond donors (Lipinski definition) is 2. The van der Waals surface area contributed by atoms with Crippen molar-refractivity contribution in [3.63, 3.8) is 0 Å². The summed E-state index contributed by atoms with van der Waals surface area (Å²) >= 11 is 5.83. The van der Waals surface area contributed by atoms with Gasteiger partial charge >= 0.3 is 0 Å². The maximum absolute atomic E-state index is 5.83. The van der Waals surface area contributed by atoms with E-state index in [1.54, 1.807) is 0 Å². The molecule has 88 valence electrons. The third-order valence-corrected chi connectivity index (χ3v) is 3.10. The van der Waals surface area contributed by atoms with Crippen LogP contribution in [-0.2, 0) is 0 Å². The van der Waals surface area contributed by atoms with Gasteiger partial charge in [-0.1, -0.05) is 11.6 Å². The Hall–Kier alpha value is -1.07. The summed E-state index contributed by atoms with van der Waals surface area (Å²) in [7, 11) is 2.12. The van der Waals surface area contributed by atoms with Crippen molar-refractivity contribution in [2.75, 3.05) is 31.2 Å². The molecule has 1 aromatic heterocycles. The molecular weight excluding hydrogens is 226 g/mol. The molecular formula is C10H16ClN5. The number of nitrogen functional groups attached to an aromatic ring is 1. The molecule has 0 bridgehead atoms. The standard InChI is InChI=1S/C10H16ClN5/c1-16-4-2-3-7(5-16)15-10-8(12)9(11)13-6-14-10/h6-7H,2-5,12H2,1H3,(H,13,14,15). The third kappa shape index (κ3) is 2.54. The van der Waals surface area contributed by atoms with E-state index in [9.17, 15) is 0 Å². The van der Waals surface area contributed by atoms with Crippen molar-refractivity contribution in [1.82, 2.24) is 14.9 Å². The molecule has 0 amide bonds. The van der Waals surface area contributed by atoms with E-state index in [2.05, 4.69) is 27.2 Å². The monoisotopic (exact) mass is 241 g/mol. The lowest BCUT2D eigenvalue weighted by Gasteiger charge is -2.30. The molecule has 0 saturated carbocycles. The van der Waals surface area contributed by atoms with E-state index in [-0.39, 0.29) is 0 Å². The van der Waals surface area contributed by atoms with Crippen molar-refractivity contribution >= 4 is 23.1 Å². The second-order valence-electron chi connectivity index (χ2n) is 4.17. The Morgan fingerprint density at radius 2 is 2.38 bits per heavy atom. The Morgan fingerprint density at radius 3 is 3.12 bits per heavy atom. The second-order valence-corrected chi connectivity index (χ2v) is 4.53. The molecule has 5 nitrogen and oxygen atoms in total. The second kappa shape index (κ2) is 4.84. The molecule has 1 fully saturated rings. The van der Waals surface area contributed by atoms with Crippen LogP contribution in [0.5, 0.6) is 0 Å². The molecule has 1 atom stereocenters. The number of hydrogen-bond acceptors (Lipinski definition) is 5. The Labute approximate surface area is 100 Å². The number of aromatic nitrogens is 2. The lowest BCUT2D eigenvalue weighted by molar-refractivity contribution is 0.261. The summed E-state index contributed by atoms with van der Waals surface area (Å²) in [5.41, 5.74) is 6.23. The average molecular weight is 242 g/mol. The van der Waals surface area contributed by atoms with Gasteiger partial charge in [0, 0.05) is 12.6 Å². The first-order valence-corrected chi connectivity index (χ1v) is 5.75. The Bertz CT molecular complexity index is 370. The average Bonchev–Trinajstić information content (AvgIpc) is 2.25. The summed E-state index contributed by atoms with van der Waals surface area (Å²) in [5, 5.41) is 3.63. The van der Waals surface area contributed by atoms with Gasteiger partial charge in [-0.05, 0) is 26.4 Å². The highest BCUT2D eigenvalue weighted by atomic mass is 35.5. The van der Waals surface area contributed by atoms with Gasteiger partial charge in [-0.2, -0.15) is 0 Å². The molecule has 2 heterocycles. The summed E-state index contributed by atoms with van der Waals surface area (Å²) in [4.78, 5) is 10.2. The molecule has 16 heavy (non-hydrogen) atoms. The molecule has 0 spiro atoms. The van der Waals surface area contributed by atoms with E-state index < -0.39 is 0 Å². The Morgan fingerprint density at radius 1 is 1.56 bits per heavy atom. The molecule has 2 rings (SSSR count). The molecule has 3 N–H and O–H groups in total. The van der Waals surface area contributed by atoms with Crippen LogP contribution >= 0.6 is 11.6 Å². The van der Waals surface area contributed by atoms with Crippen molar-refractivity contribution in [1.29, 1.82) is 0 Å². The predicted octanol–water partition coefficient (Wildman–Crippen LogP) is 1.22. The van der Waals surface area contributed by atoms with Crippen molar-refractivity contribution in [2.45, 2.75) is 18.9 Å². The van der Waals surface area contributed by atoms with Gasteiger partial charge in [0.2, 0.25) is 0 Å². The topological polar surface area (TPSA) is 67.1 Å². The number of anilines is 2. The highest BCUT2D eigenvalue weighted by Gasteiger charge is 2.18. The number of nitrogens with two attached hydrogens (primary N) is 1. The summed E-state index contributed by atoms with van der Waals surface area (Å²) in [5.74, 6) is 0.639. The number of likely N-dealkylation sites (N-methyl/N-ethyl adjacent to an activating group) is 1. The van der Waals surface area contributed by atoms with Crippen molar-refractivity contribution in [2.24, 2.45) is 0 Å². The van der Waals surface area contributed by atoms with Crippen LogP contribution in [0.15, 0.2) is 6.33 Å². The number of likely N-dealkylation sites (tertiary alicyclic amines) is 1. The third-order valence-electron chi connectivity index (χ3n) is 2.80. The molecule has 1 aromatic rings. The van der Waals surface area contributed by atoms with E-state index in [1.165, 1.54) is 12.7 Å². The molecule has 1 aliphatic heterocycles. The molecule has 0 aromatic carbocycles. The molecule has 1 saturated heterocycles. The van der Waals surface area contributed by atoms with Crippen molar-refractivity contribution < 1.29 is 0 Å². The first-order chi connectivity index (χ1) is 7.66. The predicted molar refractivity (Wildman–Crippen MR) is 65.6 cm³/mol. The normalized spacial score (nSPS) is 22.0. The zero-order valence-corrected chi connectivity index (χ0v) is 10.0. The van der Waals surface area contributed by atoms with Crippen LogP contribution in [0, 0.1) is 0 Å². The van der Waals surface area contributed by atoms with E-state index >= 15 is 0 Å². The SMILES string of the molecule is CN1CCCC(Nc2ncnc(Cl)c2N)C1. The fourth-order valence-electron chi connectivity index (χ4n) is 1.97. The van der Waals surface area contributed by atoms with Crippen LogP contribution in [0.4, 0.5) is 11.5 Å². The number of nitrogens with zero attached hydrogens (tertiary/aromatic N) is 3. The van der Waals surface area contributed by atoms with Gasteiger partial charge in [-0.3, -0.25) is 0 Å². The Kier molecular flexibility index (Phi) is 3.46. The van der Waals surface area contributed by atoms with E-state index in [4.69, 9.17) is 17.3 Å². The number of rotatable bonds is 2. The van der Waals surface area contributed by atoms with Crippen LogP contribution in [0.25, 0.3) is 0 Å². The zero-order valence-electron chi connectivity index (χ0n) is 9.28. The van der Waals surface area contributed by atoms with Crippen molar-refractivity contribution in [3.8, 4) is 0 Å². The minimum atomic E-state index is 0.307. The molecule has 0 aliphatic carbocycles. The van der Waals surface area contributed by atoms with E-state index in [1.807, 2.05) is 0 Å². The molecule has 1 aliphatic rings. The lowest BCUT2D eigenvalue weighted by atomic mass is 10.1. The molecule has 0 radical (unpaired) electrons. The largest absolute Gasteiger partial charge is 0.393 e. The first-order valence-electron chi connectivity index (χ1n) is 5.38. The van der Waals surface area contributed by atoms with Gasteiger partial charge < -0.3 is 16.0 Å². The lowest BCUT2D eigenvalue weighted by Crippen LogP contribution is -2.40. The summed E-state index contributed by atoms with van der Waals surface area (Å²) in [6.45, 7) is 2.15. The summed E-state index contributed by atoms with van der Waals surface area (Å²) in [6.07, 6.45) is 3.74. The van der Waals surface area contributed by atoms with E-state index in [0.29, 0.717) is 22.7 Å². The zero-order chi connectivity index (χ0) is 11.5. The number of piperidine rings is 1. The van der Waals surface area contributed by atoms with Crippen LogP contribution in [0.3, 0.4) is 0 Å². The van der Waals surface area contributed by atoms with Crippen LogP contribution in [-0.4, -0.2) is 41.0 Å². The van der Waals surface area contributed by atoms with Crippen molar-refractivity contribution in [3.05, 3.63) is 11.5 Å². The fraction of sp³-hybridized carbons (Fsp3) is 0.600. The minimum Gasteiger partial charge on any atom is -0.393 e. The highest BCUT2D eigenvalue weighted by Crippen LogP contribution is 2.23. The molecule has 6 heteroatoms. The van der Waals surface area contributed by atoms with Crippen LogP contribution < -0.4 is 11.1 Å². The molecule has 1 unspecified atom stereocenters. The number of nitrogens with one attached hydrogen (secondary N) is 1. The van der Waals surface area contributed by atoms with Crippen LogP contribution in [0.1, 0.15) is 12.8 Å². The summed E-state index contributed by atoms with van der Waals surface area (Å²) in [6, 6.07) is 0.381. The van der Waals surface area contributed by atoms with Gasteiger partial charge in [0.25, 0.3) is 0 Å². The van der Waals surface area contributed by atoms with Gasteiger partial charge in [-0.15, -0.1) is 0 Å². The quantitative estimate of drug-likeness (QED) is 0.762. The van der Waals surface area contributed by atoms with Gasteiger partial charge in [0.05, 0.1) is 0 Å². The maximum atomic E-state index is 5.83. The number of halogens is 1. The fourth-order valence-corrected chi connectivity index (χ4v) is 2.10.